The Bertz CT molecular complexity index is 1340. The van der Waals surface area contributed by atoms with Crippen molar-refractivity contribution in [2.45, 2.75) is 26.3 Å². The molecule has 3 amide bonds. The van der Waals surface area contributed by atoms with Gasteiger partial charge in [-0.1, -0.05) is 72.0 Å². The lowest BCUT2D eigenvalue weighted by Crippen LogP contribution is -2.47. The maximum Gasteiger partial charge on any atom is 0.319 e. The van der Waals surface area contributed by atoms with Crippen LogP contribution < -0.4 is 20.7 Å². The summed E-state index contributed by atoms with van der Waals surface area (Å²) in [5.74, 6) is 0.319. The molecule has 0 saturated heterocycles. The van der Waals surface area contributed by atoms with Crippen molar-refractivity contribution in [2.75, 3.05) is 17.7 Å². The molecule has 0 aliphatic rings. The fourth-order valence-corrected chi connectivity index (χ4v) is 4.46. The first kappa shape index (κ1) is 24.9. The monoisotopic (exact) mass is 501 g/mol. The standard InChI is InChI=1S/C27H27N5O3S/c1-17-9-7-10-18(2)23(17)29-26(34)28-22(15-19-11-5-4-6-12-19)24(33)30-27-32-31-25(36-27)20-13-8-14-21(16-20)35-3/h4-14,16,22H,15H2,1-3H3,(H2,28,29,34)(H,30,32,33)/t22-/m1/s1. The summed E-state index contributed by atoms with van der Waals surface area (Å²) in [4.78, 5) is 26.1. The minimum Gasteiger partial charge on any atom is -0.497 e. The van der Waals surface area contributed by atoms with Crippen LogP contribution in [-0.4, -0.2) is 35.3 Å². The summed E-state index contributed by atoms with van der Waals surface area (Å²) < 4.78 is 5.27. The average molecular weight is 502 g/mol. The Kier molecular flexibility index (Phi) is 7.92. The van der Waals surface area contributed by atoms with Gasteiger partial charge in [-0.15, -0.1) is 10.2 Å². The molecule has 4 aromatic rings. The molecule has 3 N–H and O–H groups in total. The molecular formula is C27H27N5O3S. The minimum atomic E-state index is -0.833. The number of urea groups is 1. The summed E-state index contributed by atoms with van der Waals surface area (Å²) in [6.07, 6.45) is 0.314. The summed E-state index contributed by atoms with van der Waals surface area (Å²) >= 11 is 1.24. The second-order valence-corrected chi connectivity index (χ2v) is 9.22. The van der Waals surface area contributed by atoms with Crippen molar-refractivity contribution in [1.82, 2.24) is 15.5 Å². The molecule has 3 aromatic carbocycles. The number of carbonyl (C=O) groups excluding carboxylic acids is 2. The summed E-state index contributed by atoms with van der Waals surface area (Å²) in [6, 6.07) is 21.5. The Balaban J connectivity index is 1.50. The molecule has 4 rings (SSSR count). The van der Waals surface area contributed by atoms with Gasteiger partial charge in [-0.25, -0.2) is 4.79 Å². The normalized spacial score (nSPS) is 11.4. The fourth-order valence-electron chi connectivity index (χ4n) is 3.72. The zero-order chi connectivity index (χ0) is 25.5. The highest BCUT2D eigenvalue weighted by Gasteiger charge is 2.23. The van der Waals surface area contributed by atoms with Gasteiger partial charge in [-0.3, -0.25) is 10.1 Å². The van der Waals surface area contributed by atoms with Crippen LogP contribution in [0.3, 0.4) is 0 Å². The molecule has 0 saturated carbocycles. The quantitative estimate of drug-likeness (QED) is 0.308. The average Bonchev–Trinajstić information content (AvgIpc) is 3.35. The van der Waals surface area contributed by atoms with E-state index in [1.807, 2.05) is 86.6 Å². The molecule has 0 bridgehead atoms. The van der Waals surface area contributed by atoms with Gasteiger partial charge in [-0.05, 0) is 42.7 Å². The number of nitrogens with one attached hydrogen (secondary N) is 3. The van der Waals surface area contributed by atoms with Gasteiger partial charge in [0.25, 0.3) is 0 Å². The highest BCUT2D eigenvalue weighted by atomic mass is 32.1. The maximum atomic E-state index is 13.3. The maximum absolute atomic E-state index is 13.3. The number of aromatic nitrogens is 2. The van der Waals surface area contributed by atoms with E-state index in [4.69, 9.17) is 4.74 Å². The first-order chi connectivity index (χ1) is 17.4. The number of benzene rings is 3. The largest absolute Gasteiger partial charge is 0.497 e. The van der Waals surface area contributed by atoms with Crippen LogP contribution in [0.2, 0.25) is 0 Å². The topological polar surface area (TPSA) is 105 Å². The van der Waals surface area contributed by atoms with Crippen molar-refractivity contribution >= 4 is 34.1 Å². The van der Waals surface area contributed by atoms with E-state index in [1.54, 1.807) is 7.11 Å². The third kappa shape index (κ3) is 6.25. The lowest BCUT2D eigenvalue weighted by molar-refractivity contribution is -0.117. The van der Waals surface area contributed by atoms with Gasteiger partial charge < -0.3 is 15.4 Å². The van der Waals surface area contributed by atoms with Gasteiger partial charge in [0.2, 0.25) is 11.0 Å². The van der Waals surface area contributed by atoms with Crippen LogP contribution in [0.4, 0.5) is 15.6 Å². The van der Waals surface area contributed by atoms with Crippen LogP contribution in [0, 0.1) is 13.8 Å². The number of rotatable bonds is 8. The number of hydrogen-bond donors (Lipinski definition) is 3. The van der Waals surface area contributed by atoms with E-state index >= 15 is 0 Å². The summed E-state index contributed by atoms with van der Waals surface area (Å²) in [6.45, 7) is 3.85. The van der Waals surface area contributed by atoms with Crippen molar-refractivity contribution in [1.29, 1.82) is 0 Å². The van der Waals surface area contributed by atoms with Crippen LogP contribution in [0.25, 0.3) is 10.6 Å². The molecule has 8 nitrogen and oxygen atoms in total. The highest BCUT2D eigenvalue weighted by Crippen LogP contribution is 2.29. The molecule has 184 valence electrons. The fraction of sp³-hybridized carbons (Fsp3) is 0.185. The molecule has 0 fully saturated rings. The number of anilines is 2. The number of nitrogens with zero attached hydrogens (tertiary/aromatic N) is 2. The predicted octanol–water partition coefficient (Wildman–Crippen LogP) is 5.20. The minimum absolute atomic E-state index is 0.314. The molecule has 1 aromatic heterocycles. The van der Waals surface area contributed by atoms with Crippen molar-refractivity contribution in [3.8, 4) is 16.3 Å². The third-order valence-electron chi connectivity index (χ3n) is 5.60. The van der Waals surface area contributed by atoms with Crippen molar-refractivity contribution < 1.29 is 14.3 Å². The van der Waals surface area contributed by atoms with E-state index in [1.165, 1.54) is 11.3 Å². The highest BCUT2D eigenvalue weighted by molar-refractivity contribution is 7.18. The number of aryl methyl sites for hydroxylation is 2. The third-order valence-corrected chi connectivity index (χ3v) is 6.48. The number of methoxy groups -OCH3 is 1. The second-order valence-electron chi connectivity index (χ2n) is 8.24. The van der Waals surface area contributed by atoms with Crippen LogP contribution in [0.15, 0.2) is 72.8 Å². The summed E-state index contributed by atoms with van der Waals surface area (Å²) in [5, 5.41) is 17.8. The van der Waals surface area contributed by atoms with E-state index in [-0.39, 0.29) is 5.91 Å². The van der Waals surface area contributed by atoms with E-state index in [9.17, 15) is 9.59 Å². The predicted molar refractivity (Wildman–Crippen MR) is 143 cm³/mol. The first-order valence-corrected chi connectivity index (χ1v) is 12.2. The SMILES string of the molecule is COc1cccc(-c2nnc(NC(=O)[C@@H](Cc3ccccc3)NC(=O)Nc3c(C)cccc3C)s2)c1. The molecule has 0 aliphatic heterocycles. The van der Waals surface area contributed by atoms with Gasteiger partial charge in [0.1, 0.15) is 16.8 Å². The van der Waals surface area contributed by atoms with E-state index in [0.29, 0.717) is 22.3 Å². The van der Waals surface area contributed by atoms with Crippen molar-refractivity contribution in [3.63, 3.8) is 0 Å². The van der Waals surface area contributed by atoms with Crippen LogP contribution in [0.1, 0.15) is 16.7 Å². The number of amides is 3. The van der Waals surface area contributed by atoms with E-state index < -0.39 is 12.1 Å². The first-order valence-electron chi connectivity index (χ1n) is 11.4. The molecule has 1 atom stereocenters. The smallest absolute Gasteiger partial charge is 0.319 e. The van der Waals surface area contributed by atoms with Crippen LogP contribution >= 0.6 is 11.3 Å². The molecule has 0 unspecified atom stereocenters. The Morgan fingerprint density at radius 3 is 2.36 bits per heavy atom. The summed E-state index contributed by atoms with van der Waals surface area (Å²) in [7, 11) is 1.60. The molecule has 0 aliphatic carbocycles. The zero-order valence-corrected chi connectivity index (χ0v) is 21.1. The van der Waals surface area contributed by atoms with Crippen molar-refractivity contribution in [3.05, 3.63) is 89.5 Å². The van der Waals surface area contributed by atoms with Gasteiger partial charge in [0.15, 0.2) is 0 Å². The lowest BCUT2D eigenvalue weighted by atomic mass is 10.1. The second kappa shape index (κ2) is 11.5. The van der Waals surface area contributed by atoms with Gasteiger partial charge in [0.05, 0.1) is 7.11 Å². The molecule has 9 heteroatoms. The molecule has 0 radical (unpaired) electrons. The Morgan fingerprint density at radius 2 is 1.64 bits per heavy atom. The lowest BCUT2D eigenvalue weighted by Gasteiger charge is -2.19. The zero-order valence-electron chi connectivity index (χ0n) is 20.2. The van der Waals surface area contributed by atoms with E-state index in [0.717, 1.165) is 27.9 Å². The number of ether oxygens (including phenoxy) is 1. The Morgan fingerprint density at radius 1 is 0.917 bits per heavy atom. The molecular weight excluding hydrogens is 474 g/mol. The van der Waals surface area contributed by atoms with Crippen LogP contribution in [-0.2, 0) is 11.2 Å². The molecule has 1 heterocycles. The Labute approximate surface area is 213 Å². The van der Waals surface area contributed by atoms with Gasteiger partial charge in [-0.2, -0.15) is 0 Å². The molecule has 0 spiro atoms. The van der Waals surface area contributed by atoms with Gasteiger partial charge in [0, 0.05) is 17.7 Å². The molecule has 36 heavy (non-hydrogen) atoms. The van der Waals surface area contributed by atoms with Crippen LogP contribution in [0.5, 0.6) is 5.75 Å². The Hall–Kier alpha value is -4.24. The summed E-state index contributed by atoms with van der Waals surface area (Å²) in [5.41, 5.74) is 4.35. The van der Waals surface area contributed by atoms with Crippen molar-refractivity contribution in [2.24, 2.45) is 0 Å². The number of hydrogen-bond acceptors (Lipinski definition) is 6. The van der Waals surface area contributed by atoms with E-state index in [2.05, 4.69) is 26.1 Å². The number of carbonyl (C=O) groups is 2. The number of para-hydroxylation sites is 1. The van der Waals surface area contributed by atoms with Gasteiger partial charge >= 0.3 is 6.03 Å².